The van der Waals surface area contributed by atoms with Crippen molar-refractivity contribution in [2.45, 2.75) is 17.7 Å². The minimum absolute atomic E-state index is 0.403. The zero-order valence-corrected chi connectivity index (χ0v) is 10.5. The molecule has 1 aliphatic rings. The SMILES string of the molecule is NC(CO)(CO)CO.O=C1O[C@H]([C@@H](O)CO)C(O)=C1O. The van der Waals surface area contributed by atoms with Crippen molar-refractivity contribution in [2.24, 2.45) is 5.73 Å². The van der Waals surface area contributed by atoms with Crippen molar-refractivity contribution < 1.29 is 45.3 Å². The van der Waals surface area contributed by atoms with Gasteiger partial charge in [-0.2, -0.15) is 0 Å². The largest absolute Gasteiger partial charge is 0.505 e. The average molecular weight is 297 g/mol. The highest BCUT2D eigenvalue weighted by Crippen LogP contribution is 2.20. The van der Waals surface area contributed by atoms with E-state index < -0.39 is 61.7 Å². The van der Waals surface area contributed by atoms with Crippen LogP contribution in [-0.4, -0.2) is 85.9 Å². The third-order valence-electron chi connectivity index (χ3n) is 2.42. The number of carbonyl (C=O) groups is 1. The van der Waals surface area contributed by atoms with E-state index in [2.05, 4.69) is 4.74 Å². The molecule has 20 heavy (non-hydrogen) atoms. The molecule has 0 radical (unpaired) electrons. The summed E-state index contributed by atoms with van der Waals surface area (Å²) < 4.78 is 4.32. The van der Waals surface area contributed by atoms with Crippen LogP contribution in [0.4, 0.5) is 0 Å². The summed E-state index contributed by atoms with van der Waals surface area (Å²) in [6.45, 7) is -1.88. The number of ether oxygens (including phenoxy) is 1. The molecule has 0 aromatic heterocycles. The van der Waals surface area contributed by atoms with Crippen molar-refractivity contribution in [1.82, 2.24) is 0 Å². The molecule has 1 rings (SSSR count). The van der Waals surface area contributed by atoms with Gasteiger partial charge < -0.3 is 46.2 Å². The van der Waals surface area contributed by atoms with Crippen LogP contribution in [0.5, 0.6) is 0 Å². The Labute approximate surface area is 114 Å². The molecule has 0 unspecified atom stereocenters. The third kappa shape index (κ3) is 4.59. The maximum Gasteiger partial charge on any atom is 0.377 e. The Balaban J connectivity index is 0.000000396. The lowest BCUT2D eigenvalue weighted by Crippen LogP contribution is -2.50. The quantitative estimate of drug-likeness (QED) is 0.233. The first kappa shape index (κ1) is 18.6. The fourth-order valence-electron chi connectivity index (χ4n) is 0.973. The van der Waals surface area contributed by atoms with E-state index in [1.54, 1.807) is 0 Å². The maximum absolute atomic E-state index is 10.5. The Hall–Kier alpha value is -1.43. The Kier molecular flexibility index (Phi) is 7.42. The Morgan fingerprint density at radius 1 is 1.15 bits per heavy atom. The van der Waals surface area contributed by atoms with Gasteiger partial charge in [0.25, 0.3) is 0 Å². The molecule has 1 aliphatic heterocycles. The van der Waals surface area contributed by atoms with Crippen LogP contribution in [0.1, 0.15) is 0 Å². The highest BCUT2D eigenvalue weighted by molar-refractivity contribution is 5.89. The van der Waals surface area contributed by atoms with Gasteiger partial charge >= 0.3 is 5.97 Å². The predicted molar refractivity (Wildman–Crippen MR) is 63.4 cm³/mol. The number of hydrogen-bond acceptors (Lipinski definition) is 10. The van der Waals surface area contributed by atoms with Gasteiger partial charge in [-0.3, -0.25) is 0 Å². The second kappa shape index (κ2) is 7.99. The number of esters is 1. The van der Waals surface area contributed by atoms with Gasteiger partial charge in [-0.25, -0.2) is 4.79 Å². The standard InChI is InChI=1S/C6H8O6.C4H11NO3/c7-1-2(8)5-3(9)4(10)6(11)12-5;5-4(1-6,2-7)3-8/h2,5,7-10H,1H2;6-8H,1-3,5H2/t2-,5+;/m0./s1. The predicted octanol–water partition coefficient (Wildman–Crippen LogP) is -3.75. The van der Waals surface area contributed by atoms with Gasteiger partial charge in [0.05, 0.1) is 32.0 Å². The molecular formula is C10H19NO9. The summed E-state index contributed by atoms with van der Waals surface area (Å²) in [5.74, 6) is -2.78. The Morgan fingerprint density at radius 2 is 1.60 bits per heavy atom. The summed E-state index contributed by atoms with van der Waals surface area (Å²) in [6, 6.07) is 0. The summed E-state index contributed by atoms with van der Waals surface area (Å²) in [5, 5.41) is 60.1. The van der Waals surface area contributed by atoms with E-state index in [0.29, 0.717) is 0 Å². The Bertz CT molecular complexity index is 344. The number of nitrogens with two attached hydrogens (primary N) is 1. The zero-order valence-electron chi connectivity index (χ0n) is 10.5. The van der Waals surface area contributed by atoms with E-state index in [4.69, 9.17) is 41.5 Å². The highest BCUT2D eigenvalue weighted by Gasteiger charge is 2.38. The third-order valence-corrected chi connectivity index (χ3v) is 2.42. The topological polar surface area (TPSA) is 194 Å². The van der Waals surface area contributed by atoms with Crippen molar-refractivity contribution in [3.8, 4) is 0 Å². The van der Waals surface area contributed by atoms with Crippen LogP contribution in [0.2, 0.25) is 0 Å². The minimum atomic E-state index is -1.42. The molecule has 0 aliphatic carbocycles. The number of carbonyl (C=O) groups excluding carboxylic acids is 1. The normalized spacial score (nSPS) is 20.3. The summed E-state index contributed by atoms with van der Waals surface area (Å²) >= 11 is 0. The van der Waals surface area contributed by atoms with Gasteiger partial charge in [-0.05, 0) is 0 Å². The van der Waals surface area contributed by atoms with Gasteiger partial charge in [0.2, 0.25) is 5.76 Å². The number of aliphatic hydroxyl groups is 7. The van der Waals surface area contributed by atoms with Crippen LogP contribution < -0.4 is 5.73 Å². The first-order valence-corrected chi connectivity index (χ1v) is 5.49. The second-order valence-corrected chi connectivity index (χ2v) is 4.15. The van der Waals surface area contributed by atoms with Crippen molar-refractivity contribution in [2.75, 3.05) is 26.4 Å². The summed E-state index contributed by atoms with van der Waals surface area (Å²) in [7, 11) is 0. The van der Waals surface area contributed by atoms with E-state index in [1.807, 2.05) is 0 Å². The second-order valence-electron chi connectivity index (χ2n) is 4.15. The molecule has 118 valence electrons. The molecule has 1 heterocycles. The molecule has 0 aromatic carbocycles. The van der Waals surface area contributed by atoms with Gasteiger partial charge in [-0.1, -0.05) is 0 Å². The highest BCUT2D eigenvalue weighted by atomic mass is 16.6. The van der Waals surface area contributed by atoms with Gasteiger partial charge in [0.15, 0.2) is 11.9 Å². The maximum atomic E-state index is 10.5. The van der Waals surface area contributed by atoms with E-state index in [9.17, 15) is 4.79 Å². The molecular weight excluding hydrogens is 278 g/mol. The smallest absolute Gasteiger partial charge is 0.377 e. The molecule has 0 saturated heterocycles. The van der Waals surface area contributed by atoms with Crippen molar-refractivity contribution in [3.63, 3.8) is 0 Å². The molecule has 0 amide bonds. The van der Waals surface area contributed by atoms with Crippen LogP contribution in [0, 0.1) is 0 Å². The molecule has 2 atom stereocenters. The van der Waals surface area contributed by atoms with Crippen molar-refractivity contribution >= 4 is 5.97 Å². The molecule has 0 fully saturated rings. The van der Waals surface area contributed by atoms with Gasteiger partial charge in [0.1, 0.15) is 6.10 Å². The molecule has 10 heteroatoms. The summed E-state index contributed by atoms with van der Waals surface area (Å²) in [6.07, 6.45) is -2.78. The molecule has 9 N–H and O–H groups in total. The number of rotatable bonds is 5. The first-order valence-electron chi connectivity index (χ1n) is 5.49. The molecule has 0 saturated carbocycles. The van der Waals surface area contributed by atoms with Gasteiger partial charge in [0, 0.05) is 0 Å². The van der Waals surface area contributed by atoms with Crippen LogP contribution in [0.15, 0.2) is 11.5 Å². The van der Waals surface area contributed by atoms with Crippen LogP contribution >= 0.6 is 0 Å². The van der Waals surface area contributed by atoms with E-state index >= 15 is 0 Å². The Morgan fingerprint density at radius 3 is 1.80 bits per heavy atom. The lowest BCUT2D eigenvalue weighted by molar-refractivity contribution is -0.147. The van der Waals surface area contributed by atoms with E-state index in [1.165, 1.54) is 0 Å². The minimum Gasteiger partial charge on any atom is -0.505 e. The van der Waals surface area contributed by atoms with E-state index in [-0.39, 0.29) is 0 Å². The zero-order chi connectivity index (χ0) is 15.9. The fraction of sp³-hybridized carbons (Fsp3) is 0.700. The molecule has 10 nitrogen and oxygen atoms in total. The number of hydrogen-bond donors (Lipinski definition) is 8. The summed E-state index contributed by atoms with van der Waals surface area (Å²) in [5.41, 5.74) is 3.94. The average Bonchev–Trinajstić information content (AvgIpc) is 2.74. The summed E-state index contributed by atoms with van der Waals surface area (Å²) in [4.78, 5) is 10.5. The molecule has 0 bridgehead atoms. The molecule has 0 aromatic rings. The first-order chi connectivity index (χ1) is 9.26. The van der Waals surface area contributed by atoms with Crippen molar-refractivity contribution in [3.05, 3.63) is 11.5 Å². The van der Waals surface area contributed by atoms with Crippen LogP contribution in [0.25, 0.3) is 0 Å². The van der Waals surface area contributed by atoms with Crippen molar-refractivity contribution in [1.29, 1.82) is 0 Å². The number of aliphatic hydroxyl groups excluding tert-OH is 7. The lowest BCUT2D eigenvalue weighted by atomic mass is 10.1. The lowest BCUT2D eigenvalue weighted by Gasteiger charge is -2.20. The van der Waals surface area contributed by atoms with Gasteiger partial charge in [-0.15, -0.1) is 0 Å². The monoisotopic (exact) mass is 297 g/mol. The molecule has 0 spiro atoms. The van der Waals surface area contributed by atoms with Crippen LogP contribution in [-0.2, 0) is 9.53 Å². The van der Waals surface area contributed by atoms with E-state index in [0.717, 1.165) is 0 Å². The van der Waals surface area contributed by atoms with Crippen LogP contribution in [0.3, 0.4) is 0 Å². The fourth-order valence-corrected chi connectivity index (χ4v) is 0.973. The number of cyclic esters (lactones) is 1.